The summed E-state index contributed by atoms with van der Waals surface area (Å²) >= 11 is 0. The average Bonchev–Trinajstić information content (AvgIpc) is 3.32. The molecule has 0 heterocycles. The van der Waals surface area contributed by atoms with Crippen LogP contribution in [-0.4, -0.2) is 40.0 Å². The van der Waals surface area contributed by atoms with Gasteiger partial charge >= 0.3 is 5.97 Å². The van der Waals surface area contributed by atoms with Crippen molar-refractivity contribution in [1.29, 1.82) is 0 Å². The number of amides is 1. The van der Waals surface area contributed by atoms with E-state index in [0.717, 1.165) is 18.4 Å². The summed E-state index contributed by atoms with van der Waals surface area (Å²) in [5.74, 6) is -1.09. The fourth-order valence-corrected chi connectivity index (χ4v) is 2.68. The third kappa shape index (κ3) is 7.38. The van der Waals surface area contributed by atoms with Crippen LogP contribution in [0, 0.1) is 0 Å². The molecule has 8 nitrogen and oxygen atoms in total. The van der Waals surface area contributed by atoms with Crippen molar-refractivity contribution < 1.29 is 19.8 Å². The Hall–Kier alpha value is -2.42. The van der Waals surface area contributed by atoms with Crippen LogP contribution in [0.25, 0.3) is 0 Å². The van der Waals surface area contributed by atoms with E-state index in [0.29, 0.717) is 31.4 Å². The first kappa shape index (κ1) is 20.9. The Morgan fingerprint density at radius 3 is 2.52 bits per heavy atom. The normalized spacial score (nSPS) is 16.8. The second kappa shape index (κ2) is 9.50. The molecule has 1 amide bonds. The van der Waals surface area contributed by atoms with E-state index in [2.05, 4.69) is 22.5 Å². The van der Waals surface area contributed by atoms with Crippen molar-refractivity contribution in [2.24, 2.45) is 5.73 Å². The van der Waals surface area contributed by atoms with Gasteiger partial charge in [-0.15, -0.1) is 0 Å². The van der Waals surface area contributed by atoms with Crippen molar-refractivity contribution >= 4 is 17.6 Å². The molecule has 27 heavy (non-hydrogen) atoms. The van der Waals surface area contributed by atoms with E-state index in [1.807, 2.05) is 0 Å². The maximum absolute atomic E-state index is 12.0. The number of hydrogen-bond acceptors (Lipinski definition) is 6. The quantitative estimate of drug-likeness (QED) is 0.298. The van der Waals surface area contributed by atoms with Gasteiger partial charge in [0.05, 0.1) is 5.66 Å². The predicted octanol–water partition coefficient (Wildman–Crippen LogP) is 0.881. The molecule has 8 heteroatoms. The van der Waals surface area contributed by atoms with Gasteiger partial charge in [0.1, 0.15) is 12.3 Å². The van der Waals surface area contributed by atoms with Gasteiger partial charge in [-0.1, -0.05) is 18.7 Å². The molecule has 0 aliphatic heterocycles. The number of carboxylic acids is 1. The van der Waals surface area contributed by atoms with E-state index >= 15 is 0 Å². The molecule has 1 fully saturated rings. The number of nitrogens with one attached hydrogen (secondary N) is 3. The van der Waals surface area contributed by atoms with Crippen molar-refractivity contribution in [1.82, 2.24) is 10.6 Å². The fraction of sp³-hybridized carbons (Fsp3) is 0.474. The SMILES string of the molecule is C=CN[C@@H](Cc1ccc(NC(=O)CCCC(O)NC2(N)CC2)cc1)C(=O)O. The first-order chi connectivity index (χ1) is 12.8. The molecule has 0 saturated heterocycles. The molecule has 148 valence electrons. The summed E-state index contributed by atoms with van der Waals surface area (Å²) in [4.78, 5) is 23.1. The molecule has 0 spiro atoms. The van der Waals surface area contributed by atoms with Crippen LogP contribution < -0.4 is 21.7 Å². The van der Waals surface area contributed by atoms with Crippen LogP contribution in [0.2, 0.25) is 0 Å². The highest BCUT2D eigenvalue weighted by molar-refractivity contribution is 5.90. The summed E-state index contributed by atoms with van der Waals surface area (Å²) in [6.45, 7) is 3.48. The van der Waals surface area contributed by atoms with E-state index in [9.17, 15) is 14.7 Å². The number of aliphatic hydroxyl groups excluding tert-OH is 1. The minimum absolute atomic E-state index is 0.138. The van der Waals surface area contributed by atoms with Crippen LogP contribution in [0.3, 0.4) is 0 Å². The smallest absolute Gasteiger partial charge is 0.326 e. The number of carbonyl (C=O) groups is 2. The van der Waals surface area contributed by atoms with Crippen LogP contribution in [0.4, 0.5) is 5.69 Å². The zero-order valence-corrected chi connectivity index (χ0v) is 15.3. The predicted molar refractivity (Wildman–Crippen MR) is 103 cm³/mol. The monoisotopic (exact) mass is 376 g/mol. The van der Waals surface area contributed by atoms with E-state index < -0.39 is 23.9 Å². The van der Waals surface area contributed by atoms with Gasteiger partial charge in [0.25, 0.3) is 0 Å². The highest BCUT2D eigenvalue weighted by atomic mass is 16.4. The topological polar surface area (TPSA) is 137 Å². The van der Waals surface area contributed by atoms with Gasteiger partial charge in [-0.25, -0.2) is 4.79 Å². The first-order valence-corrected chi connectivity index (χ1v) is 9.04. The molecule has 1 unspecified atom stereocenters. The minimum atomic E-state index is -0.953. The van der Waals surface area contributed by atoms with Gasteiger partial charge in [-0.2, -0.15) is 0 Å². The zero-order chi connectivity index (χ0) is 19.9. The maximum atomic E-state index is 12.0. The molecule has 7 N–H and O–H groups in total. The van der Waals surface area contributed by atoms with Crippen molar-refractivity contribution in [2.75, 3.05) is 5.32 Å². The fourth-order valence-electron chi connectivity index (χ4n) is 2.68. The Labute approximate surface area is 158 Å². The molecular formula is C19H28N4O4. The lowest BCUT2D eigenvalue weighted by atomic mass is 10.1. The molecule has 1 aromatic carbocycles. The number of carbonyl (C=O) groups excluding carboxylic acids is 1. The second-order valence-electron chi connectivity index (χ2n) is 6.92. The number of benzene rings is 1. The summed E-state index contributed by atoms with van der Waals surface area (Å²) in [5, 5.41) is 27.4. The summed E-state index contributed by atoms with van der Waals surface area (Å²) in [5.41, 5.74) is 6.92. The molecule has 2 rings (SSSR count). The molecule has 0 bridgehead atoms. The van der Waals surface area contributed by atoms with E-state index in [1.54, 1.807) is 24.3 Å². The van der Waals surface area contributed by atoms with Gasteiger partial charge in [-0.3, -0.25) is 10.1 Å². The molecule has 1 aliphatic carbocycles. The lowest BCUT2D eigenvalue weighted by molar-refractivity contribution is -0.139. The van der Waals surface area contributed by atoms with Gasteiger partial charge < -0.3 is 26.6 Å². The number of aliphatic carboxylic acids is 1. The molecule has 0 radical (unpaired) electrons. The summed E-state index contributed by atoms with van der Waals surface area (Å²) in [6, 6.07) is 6.29. The molecule has 1 saturated carbocycles. The van der Waals surface area contributed by atoms with Gasteiger partial charge in [0.2, 0.25) is 5.91 Å². The molecule has 0 aromatic heterocycles. The average molecular weight is 376 g/mol. The Kier molecular flexibility index (Phi) is 7.35. The van der Waals surface area contributed by atoms with Gasteiger partial charge in [-0.05, 0) is 49.6 Å². The summed E-state index contributed by atoms with van der Waals surface area (Å²) in [6.07, 6.45) is 3.98. The van der Waals surface area contributed by atoms with Crippen LogP contribution in [0.5, 0.6) is 0 Å². The van der Waals surface area contributed by atoms with E-state index in [1.165, 1.54) is 6.20 Å². The van der Waals surface area contributed by atoms with Crippen LogP contribution >= 0.6 is 0 Å². The largest absolute Gasteiger partial charge is 0.480 e. The standard InChI is InChI=1S/C19H28N4O4/c1-2-21-15(18(26)27)12-13-6-8-14(9-7-13)22-16(24)4-3-5-17(25)23-19(20)10-11-19/h2,6-9,15,17,21,23,25H,1,3-5,10-12,20H2,(H,22,24)(H,26,27)/t15-,17?/m0/s1. The zero-order valence-electron chi connectivity index (χ0n) is 15.3. The van der Waals surface area contributed by atoms with Crippen molar-refractivity contribution in [2.45, 2.75) is 56.5 Å². The Balaban J connectivity index is 1.72. The first-order valence-electron chi connectivity index (χ1n) is 9.04. The molecule has 1 aliphatic rings. The van der Waals surface area contributed by atoms with Crippen molar-refractivity contribution in [3.8, 4) is 0 Å². The maximum Gasteiger partial charge on any atom is 0.326 e. The van der Waals surface area contributed by atoms with Crippen molar-refractivity contribution in [3.05, 3.63) is 42.6 Å². The summed E-state index contributed by atoms with van der Waals surface area (Å²) < 4.78 is 0. The molecule has 2 atom stereocenters. The number of nitrogens with two attached hydrogens (primary N) is 1. The third-order valence-corrected chi connectivity index (χ3v) is 4.42. The Bertz CT molecular complexity index is 658. The third-order valence-electron chi connectivity index (χ3n) is 4.42. The lowest BCUT2D eigenvalue weighted by Gasteiger charge is -2.17. The van der Waals surface area contributed by atoms with Gasteiger partial charge in [0, 0.05) is 18.5 Å². The minimum Gasteiger partial charge on any atom is -0.480 e. The van der Waals surface area contributed by atoms with Gasteiger partial charge in [0.15, 0.2) is 0 Å². The van der Waals surface area contributed by atoms with E-state index in [4.69, 9.17) is 10.8 Å². The number of rotatable bonds is 12. The Morgan fingerprint density at radius 1 is 1.30 bits per heavy atom. The highest BCUT2D eigenvalue weighted by Crippen LogP contribution is 2.29. The van der Waals surface area contributed by atoms with Crippen molar-refractivity contribution in [3.63, 3.8) is 0 Å². The van der Waals surface area contributed by atoms with Crippen LogP contribution in [-0.2, 0) is 16.0 Å². The number of carboxylic acid groups (broad SMARTS) is 1. The lowest BCUT2D eigenvalue weighted by Crippen LogP contribution is -2.46. The van der Waals surface area contributed by atoms with Crippen LogP contribution in [0.15, 0.2) is 37.0 Å². The molecule has 1 aromatic rings. The second-order valence-corrected chi connectivity index (χ2v) is 6.92. The van der Waals surface area contributed by atoms with Crippen LogP contribution in [0.1, 0.15) is 37.7 Å². The molecular weight excluding hydrogens is 348 g/mol. The Morgan fingerprint density at radius 2 is 1.96 bits per heavy atom. The number of aliphatic hydroxyl groups is 1. The number of hydrogen-bond donors (Lipinski definition) is 6. The summed E-state index contributed by atoms with van der Waals surface area (Å²) in [7, 11) is 0. The highest BCUT2D eigenvalue weighted by Gasteiger charge is 2.39. The van der Waals surface area contributed by atoms with E-state index in [-0.39, 0.29) is 5.91 Å². The number of anilines is 1.